The molecule has 2 atom stereocenters. The lowest BCUT2D eigenvalue weighted by atomic mass is 9.68. The van der Waals surface area contributed by atoms with Gasteiger partial charge in [-0.1, -0.05) is 62.4 Å². The second-order valence-electron chi connectivity index (χ2n) is 7.77. The van der Waals surface area contributed by atoms with Gasteiger partial charge >= 0.3 is 0 Å². The maximum absolute atomic E-state index is 13.8. The molecule has 0 aliphatic carbocycles. The Bertz CT molecular complexity index is 688. The first-order chi connectivity index (χ1) is 12.6. The molecule has 0 spiro atoms. The summed E-state index contributed by atoms with van der Waals surface area (Å²) in [5, 5.41) is 3.45. The van der Waals surface area contributed by atoms with Crippen molar-refractivity contribution in [2.24, 2.45) is 5.92 Å². The minimum atomic E-state index is -0.135. The third-order valence-electron chi connectivity index (χ3n) is 5.69. The van der Waals surface area contributed by atoms with Gasteiger partial charge in [0.2, 0.25) is 0 Å². The van der Waals surface area contributed by atoms with Crippen LogP contribution in [-0.2, 0) is 16.7 Å². The van der Waals surface area contributed by atoms with E-state index in [9.17, 15) is 4.39 Å². The Morgan fingerprint density at radius 3 is 2.58 bits per heavy atom. The smallest absolute Gasteiger partial charge is 0.127 e. The van der Waals surface area contributed by atoms with Gasteiger partial charge in [0.25, 0.3) is 0 Å². The molecule has 0 amide bonds. The Kier molecular flexibility index (Phi) is 6.44. The molecule has 1 aliphatic heterocycles. The molecule has 1 N–H and O–H groups in total. The van der Waals surface area contributed by atoms with E-state index in [2.05, 4.69) is 49.5 Å². The fourth-order valence-corrected chi connectivity index (χ4v) is 4.00. The minimum Gasteiger partial charge on any atom is -0.378 e. The van der Waals surface area contributed by atoms with Crippen LogP contribution in [0, 0.1) is 11.7 Å². The Morgan fingerprint density at radius 1 is 1.12 bits per heavy atom. The third kappa shape index (κ3) is 4.52. The number of benzene rings is 2. The Morgan fingerprint density at radius 2 is 1.85 bits per heavy atom. The molecule has 0 aromatic heterocycles. The second-order valence-corrected chi connectivity index (χ2v) is 7.77. The molecule has 3 heteroatoms. The molecule has 2 nitrogen and oxygen atoms in total. The van der Waals surface area contributed by atoms with Crippen LogP contribution >= 0.6 is 0 Å². The molecule has 26 heavy (non-hydrogen) atoms. The largest absolute Gasteiger partial charge is 0.378 e. The van der Waals surface area contributed by atoms with Crippen molar-refractivity contribution in [3.05, 3.63) is 71.5 Å². The van der Waals surface area contributed by atoms with Gasteiger partial charge in [0, 0.05) is 24.1 Å². The summed E-state index contributed by atoms with van der Waals surface area (Å²) in [6, 6.07) is 17.8. The number of rotatable bonds is 7. The average Bonchev–Trinajstić information content (AvgIpc) is 2.67. The predicted molar refractivity (Wildman–Crippen MR) is 105 cm³/mol. The zero-order valence-corrected chi connectivity index (χ0v) is 15.9. The van der Waals surface area contributed by atoms with Crippen molar-refractivity contribution < 1.29 is 9.13 Å². The molecule has 1 saturated heterocycles. The summed E-state index contributed by atoms with van der Waals surface area (Å²) in [7, 11) is 0. The van der Waals surface area contributed by atoms with Gasteiger partial charge in [-0.3, -0.25) is 0 Å². The average molecular weight is 355 g/mol. The molecule has 0 bridgehead atoms. The zero-order chi connectivity index (χ0) is 18.4. The van der Waals surface area contributed by atoms with Gasteiger partial charge in [-0.15, -0.1) is 0 Å². The van der Waals surface area contributed by atoms with Gasteiger partial charge in [-0.2, -0.15) is 0 Å². The highest BCUT2D eigenvalue weighted by atomic mass is 19.1. The summed E-state index contributed by atoms with van der Waals surface area (Å²) in [5.41, 5.74) is 2.27. The Balaban J connectivity index is 1.67. The summed E-state index contributed by atoms with van der Waals surface area (Å²) in [6.45, 7) is 6.73. The van der Waals surface area contributed by atoms with Crippen LogP contribution in [0.5, 0.6) is 0 Å². The maximum atomic E-state index is 13.8. The molecule has 2 aromatic carbocycles. The normalized spacial score (nSPS) is 23.3. The first-order valence-electron chi connectivity index (χ1n) is 9.72. The molecule has 3 rings (SSSR count). The summed E-state index contributed by atoms with van der Waals surface area (Å²) in [5.74, 6) is 0.383. The Hall–Kier alpha value is -1.71. The highest BCUT2D eigenvalue weighted by molar-refractivity contribution is 5.26. The number of hydrogen-bond donors (Lipinski definition) is 1. The molecule has 1 aliphatic rings. The fourth-order valence-electron chi connectivity index (χ4n) is 4.00. The molecular formula is C23H30FNO. The van der Waals surface area contributed by atoms with E-state index in [4.69, 9.17) is 4.74 Å². The van der Waals surface area contributed by atoms with Crippen LogP contribution in [-0.4, -0.2) is 19.3 Å². The lowest BCUT2D eigenvalue weighted by Crippen LogP contribution is -2.42. The first-order valence-corrected chi connectivity index (χ1v) is 9.72. The molecule has 2 aromatic rings. The van der Waals surface area contributed by atoms with E-state index in [1.165, 1.54) is 11.6 Å². The minimum absolute atomic E-state index is 0.135. The van der Waals surface area contributed by atoms with E-state index in [0.717, 1.165) is 38.0 Å². The summed E-state index contributed by atoms with van der Waals surface area (Å²) >= 11 is 0. The molecule has 1 heterocycles. The van der Waals surface area contributed by atoms with Crippen LogP contribution in [0.3, 0.4) is 0 Å². The molecular weight excluding hydrogens is 325 g/mol. The lowest BCUT2D eigenvalue weighted by Gasteiger charge is -2.43. The van der Waals surface area contributed by atoms with Crippen LogP contribution in [0.2, 0.25) is 0 Å². The van der Waals surface area contributed by atoms with Crippen LogP contribution in [0.1, 0.15) is 44.2 Å². The van der Waals surface area contributed by atoms with Crippen LogP contribution < -0.4 is 5.32 Å². The van der Waals surface area contributed by atoms with E-state index in [-0.39, 0.29) is 11.2 Å². The zero-order valence-electron chi connectivity index (χ0n) is 15.9. The number of nitrogens with one attached hydrogen (secondary N) is 1. The molecule has 0 radical (unpaired) electrons. The van der Waals surface area contributed by atoms with E-state index < -0.39 is 0 Å². The van der Waals surface area contributed by atoms with Gasteiger partial charge in [0.15, 0.2) is 0 Å². The number of hydrogen-bond acceptors (Lipinski definition) is 2. The maximum Gasteiger partial charge on any atom is 0.127 e. The molecule has 1 fully saturated rings. The fraction of sp³-hybridized carbons (Fsp3) is 0.478. The van der Waals surface area contributed by atoms with Gasteiger partial charge in [0.1, 0.15) is 5.82 Å². The van der Waals surface area contributed by atoms with Gasteiger partial charge in [-0.25, -0.2) is 4.39 Å². The van der Waals surface area contributed by atoms with Crippen LogP contribution in [0.25, 0.3) is 0 Å². The van der Waals surface area contributed by atoms with Crippen LogP contribution in [0.15, 0.2) is 54.6 Å². The summed E-state index contributed by atoms with van der Waals surface area (Å²) in [6.07, 6.45) is 3.44. The Labute approximate surface area is 156 Å². The topological polar surface area (TPSA) is 21.3 Å². The highest BCUT2D eigenvalue weighted by Crippen LogP contribution is 2.41. The van der Waals surface area contributed by atoms with Crippen LogP contribution in [0.4, 0.5) is 4.39 Å². The lowest BCUT2D eigenvalue weighted by molar-refractivity contribution is -0.0469. The van der Waals surface area contributed by atoms with Crippen molar-refractivity contribution in [3.63, 3.8) is 0 Å². The van der Waals surface area contributed by atoms with E-state index in [1.807, 2.05) is 12.1 Å². The summed E-state index contributed by atoms with van der Waals surface area (Å²) in [4.78, 5) is 0. The SMILES string of the molecule is CC(C)[C@@H]1C[C@](CCNCc2ccccc2F)(c2ccccc2)CCO1. The van der Waals surface area contributed by atoms with Crippen molar-refractivity contribution in [3.8, 4) is 0 Å². The van der Waals surface area contributed by atoms with E-state index in [1.54, 1.807) is 6.07 Å². The molecule has 0 saturated carbocycles. The molecule has 140 valence electrons. The molecule has 0 unspecified atom stereocenters. The summed E-state index contributed by atoms with van der Waals surface area (Å²) < 4.78 is 19.8. The van der Waals surface area contributed by atoms with Crippen molar-refractivity contribution in [2.45, 2.75) is 51.2 Å². The monoisotopic (exact) mass is 355 g/mol. The van der Waals surface area contributed by atoms with Gasteiger partial charge in [-0.05, 0) is 43.4 Å². The van der Waals surface area contributed by atoms with E-state index in [0.29, 0.717) is 18.6 Å². The van der Waals surface area contributed by atoms with Crippen molar-refractivity contribution in [1.29, 1.82) is 0 Å². The van der Waals surface area contributed by atoms with Gasteiger partial charge < -0.3 is 10.1 Å². The number of halogens is 1. The second kappa shape index (κ2) is 8.79. The van der Waals surface area contributed by atoms with E-state index >= 15 is 0 Å². The van der Waals surface area contributed by atoms with Crippen molar-refractivity contribution in [2.75, 3.05) is 13.2 Å². The standard InChI is InChI=1S/C23H30FNO/c1-18(2)22-16-23(13-15-26-22,20-9-4-3-5-10-20)12-14-25-17-19-8-6-7-11-21(19)24/h3-11,18,22,25H,12-17H2,1-2H3/t22-,23+/m0/s1. The van der Waals surface area contributed by atoms with Gasteiger partial charge in [0.05, 0.1) is 6.10 Å². The first kappa shape index (κ1) is 19.1. The number of ether oxygens (including phenoxy) is 1. The third-order valence-corrected chi connectivity index (χ3v) is 5.69. The van der Waals surface area contributed by atoms with Crippen molar-refractivity contribution >= 4 is 0 Å². The quantitative estimate of drug-likeness (QED) is 0.700. The predicted octanol–water partition coefficient (Wildman–Crippen LogP) is 5.08. The highest BCUT2D eigenvalue weighted by Gasteiger charge is 2.38. The van der Waals surface area contributed by atoms with Crippen molar-refractivity contribution in [1.82, 2.24) is 5.32 Å².